The second kappa shape index (κ2) is 5.29. The monoisotopic (exact) mass is 259 g/mol. The van der Waals surface area contributed by atoms with Crippen molar-refractivity contribution >= 4 is 5.91 Å². The maximum Gasteiger partial charge on any atom is 0.272 e. The Hall–Kier alpha value is -1.42. The molecule has 4 nitrogen and oxygen atoms in total. The first-order valence-electron chi connectivity index (χ1n) is 7.26. The first-order chi connectivity index (χ1) is 9.28. The van der Waals surface area contributed by atoms with Gasteiger partial charge in [0.25, 0.3) is 5.91 Å². The number of amides is 1. The number of fused-ring (bicyclic) bond motifs is 2. The minimum atomic E-state index is 0.0781. The second-order valence-electron chi connectivity index (χ2n) is 5.57. The van der Waals surface area contributed by atoms with Crippen molar-refractivity contribution in [3.8, 4) is 0 Å². The van der Waals surface area contributed by atoms with Crippen molar-refractivity contribution in [1.29, 1.82) is 0 Å². The Kier molecular flexibility index (Phi) is 3.51. The van der Waals surface area contributed by atoms with Crippen LogP contribution in [0.1, 0.15) is 43.1 Å². The van der Waals surface area contributed by atoms with E-state index in [9.17, 15) is 4.79 Å². The van der Waals surface area contributed by atoms with Crippen molar-refractivity contribution in [3.63, 3.8) is 0 Å². The van der Waals surface area contributed by atoms with Crippen LogP contribution in [0.4, 0.5) is 0 Å². The molecule has 2 unspecified atom stereocenters. The summed E-state index contributed by atoms with van der Waals surface area (Å²) in [6, 6.07) is 7.11. The topological polar surface area (TPSA) is 45.2 Å². The Morgan fingerprint density at radius 1 is 1.37 bits per heavy atom. The number of nitrogens with one attached hydrogen (secondary N) is 1. The predicted molar refractivity (Wildman–Crippen MR) is 73.9 cm³/mol. The maximum absolute atomic E-state index is 12.6. The Morgan fingerprint density at radius 3 is 2.68 bits per heavy atom. The van der Waals surface area contributed by atoms with Crippen LogP contribution in [0.2, 0.25) is 0 Å². The van der Waals surface area contributed by atoms with E-state index in [0.717, 1.165) is 19.4 Å². The Bertz CT molecular complexity index is 436. The van der Waals surface area contributed by atoms with Crippen LogP contribution in [0.25, 0.3) is 0 Å². The summed E-state index contributed by atoms with van der Waals surface area (Å²) in [5.41, 5.74) is 0.565. The van der Waals surface area contributed by atoms with E-state index < -0.39 is 0 Å². The largest absolute Gasteiger partial charge is 0.334 e. The summed E-state index contributed by atoms with van der Waals surface area (Å²) in [6.07, 6.45) is 6.38. The number of hydrogen-bond acceptors (Lipinski definition) is 3. The molecule has 0 aromatic carbocycles. The molecule has 102 valence electrons. The van der Waals surface area contributed by atoms with E-state index in [-0.39, 0.29) is 5.91 Å². The summed E-state index contributed by atoms with van der Waals surface area (Å²) in [7, 11) is 0. The number of pyridine rings is 1. The minimum Gasteiger partial charge on any atom is -0.334 e. The van der Waals surface area contributed by atoms with Gasteiger partial charge in [-0.05, 0) is 44.7 Å². The zero-order chi connectivity index (χ0) is 13.2. The fraction of sp³-hybridized carbons (Fsp3) is 0.600. The summed E-state index contributed by atoms with van der Waals surface area (Å²) in [5.74, 6) is 0.0781. The highest BCUT2D eigenvalue weighted by molar-refractivity contribution is 5.92. The van der Waals surface area contributed by atoms with Crippen molar-refractivity contribution in [2.45, 2.75) is 50.7 Å². The van der Waals surface area contributed by atoms with E-state index >= 15 is 0 Å². The van der Waals surface area contributed by atoms with Gasteiger partial charge in [0.05, 0.1) is 0 Å². The Labute approximate surface area is 114 Å². The fourth-order valence-corrected chi connectivity index (χ4v) is 3.49. The molecule has 2 bridgehead atoms. The molecule has 2 aliphatic rings. The molecule has 2 saturated heterocycles. The molecule has 0 spiro atoms. The molecule has 1 aromatic heterocycles. The average molecular weight is 259 g/mol. The van der Waals surface area contributed by atoms with E-state index in [1.165, 1.54) is 12.8 Å². The highest BCUT2D eigenvalue weighted by atomic mass is 16.2. The van der Waals surface area contributed by atoms with Gasteiger partial charge in [-0.3, -0.25) is 9.78 Å². The normalized spacial score (nSPS) is 29.2. The molecule has 2 fully saturated rings. The van der Waals surface area contributed by atoms with Crippen molar-refractivity contribution in [1.82, 2.24) is 15.2 Å². The van der Waals surface area contributed by atoms with Crippen LogP contribution in [-0.4, -0.2) is 40.5 Å². The van der Waals surface area contributed by atoms with Gasteiger partial charge in [0.2, 0.25) is 0 Å². The molecule has 1 amide bonds. The summed E-state index contributed by atoms with van der Waals surface area (Å²) in [6.45, 7) is 2.82. The number of piperidine rings is 1. The standard InChI is InChI=1S/C15H21N3O/c1-2-18(15(19)14-5-3-4-8-16-14)13-9-11-6-7-12(10-13)17-11/h3-5,8,11-13,17H,2,6-7,9-10H2,1H3. The predicted octanol–water partition coefficient (Wildman–Crippen LogP) is 1.83. The van der Waals surface area contributed by atoms with Crippen LogP contribution >= 0.6 is 0 Å². The number of nitrogens with zero attached hydrogens (tertiary/aromatic N) is 2. The van der Waals surface area contributed by atoms with E-state index in [1.807, 2.05) is 17.0 Å². The summed E-state index contributed by atoms with van der Waals surface area (Å²) >= 11 is 0. The molecule has 2 aliphatic heterocycles. The number of rotatable bonds is 3. The highest BCUT2D eigenvalue weighted by Crippen LogP contribution is 2.30. The SMILES string of the molecule is CCN(C(=O)c1ccccn1)C1CC2CCC(C1)N2. The third kappa shape index (κ3) is 2.50. The van der Waals surface area contributed by atoms with E-state index in [0.29, 0.717) is 23.8 Å². The van der Waals surface area contributed by atoms with Gasteiger partial charge >= 0.3 is 0 Å². The lowest BCUT2D eigenvalue weighted by Gasteiger charge is -2.37. The average Bonchev–Trinajstić information content (AvgIpc) is 2.79. The molecule has 0 saturated carbocycles. The van der Waals surface area contributed by atoms with Gasteiger partial charge in [-0.1, -0.05) is 6.07 Å². The smallest absolute Gasteiger partial charge is 0.272 e. The van der Waals surface area contributed by atoms with Crippen LogP contribution in [0.3, 0.4) is 0 Å². The van der Waals surface area contributed by atoms with Crippen LogP contribution < -0.4 is 5.32 Å². The third-order valence-electron chi connectivity index (χ3n) is 4.37. The van der Waals surface area contributed by atoms with Crippen molar-refractivity contribution in [2.75, 3.05) is 6.54 Å². The zero-order valence-corrected chi connectivity index (χ0v) is 11.4. The molecule has 19 heavy (non-hydrogen) atoms. The molecular formula is C15H21N3O. The van der Waals surface area contributed by atoms with E-state index in [4.69, 9.17) is 0 Å². The summed E-state index contributed by atoms with van der Waals surface area (Å²) < 4.78 is 0. The molecule has 0 aliphatic carbocycles. The van der Waals surface area contributed by atoms with E-state index in [2.05, 4.69) is 17.2 Å². The summed E-state index contributed by atoms with van der Waals surface area (Å²) in [4.78, 5) is 18.7. The third-order valence-corrected chi connectivity index (χ3v) is 4.37. The zero-order valence-electron chi connectivity index (χ0n) is 11.4. The lowest BCUT2D eigenvalue weighted by molar-refractivity contribution is 0.0625. The first-order valence-corrected chi connectivity index (χ1v) is 7.26. The van der Waals surface area contributed by atoms with Crippen molar-refractivity contribution < 1.29 is 4.79 Å². The number of hydrogen-bond donors (Lipinski definition) is 1. The Morgan fingerprint density at radius 2 is 2.11 bits per heavy atom. The molecule has 3 rings (SSSR count). The van der Waals surface area contributed by atoms with Gasteiger partial charge in [-0.15, -0.1) is 0 Å². The second-order valence-corrected chi connectivity index (χ2v) is 5.57. The fourth-order valence-electron chi connectivity index (χ4n) is 3.49. The molecular weight excluding hydrogens is 238 g/mol. The molecule has 4 heteroatoms. The number of aromatic nitrogens is 1. The van der Waals surface area contributed by atoms with Crippen LogP contribution in [-0.2, 0) is 0 Å². The van der Waals surface area contributed by atoms with Crippen molar-refractivity contribution in [3.05, 3.63) is 30.1 Å². The van der Waals surface area contributed by atoms with Gasteiger partial charge in [0, 0.05) is 30.9 Å². The van der Waals surface area contributed by atoms with Crippen LogP contribution in [0.15, 0.2) is 24.4 Å². The molecule has 2 atom stereocenters. The number of carbonyl (C=O) groups excluding carboxylic acids is 1. The van der Waals surface area contributed by atoms with Crippen molar-refractivity contribution in [2.24, 2.45) is 0 Å². The lowest BCUT2D eigenvalue weighted by atomic mass is 9.98. The van der Waals surface area contributed by atoms with Crippen LogP contribution in [0.5, 0.6) is 0 Å². The van der Waals surface area contributed by atoms with Gasteiger partial charge in [0.1, 0.15) is 5.69 Å². The van der Waals surface area contributed by atoms with Gasteiger partial charge in [-0.2, -0.15) is 0 Å². The molecule has 1 N–H and O–H groups in total. The first kappa shape index (κ1) is 12.6. The van der Waals surface area contributed by atoms with Gasteiger partial charge < -0.3 is 10.2 Å². The van der Waals surface area contributed by atoms with E-state index in [1.54, 1.807) is 12.3 Å². The summed E-state index contributed by atoms with van der Waals surface area (Å²) in [5, 5.41) is 3.62. The number of carbonyl (C=O) groups is 1. The quantitative estimate of drug-likeness (QED) is 0.900. The molecule has 0 radical (unpaired) electrons. The molecule has 3 heterocycles. The highest BCUT2D eigenvalue weighted by Gasteiger charge is 2.37. The Balaban J connectivity index is 1.75. The van der Waals surface area contributed by atoms with Gasteiger partial charge in [-0.25, -0.2) is 0 Å². The van der Waals surface area contributed by atoms with Gasteiger partial charge in [0.15, 0.2) is 0 Å². The minimum absolute atomic E-state index is 0.0781. The maximum atomic E-state index is 12.6. The molecule has 1 aromatic rings. The lowest BCUT2D eigenvalue weighted by Crippen LogP contribution is -2.50. The van der Waals surface area contributed by atoms with Crippen LogP contribution in [0, 0.1) is 0 Å².